The first-order chi connectivity index (χ1) is 9.22. The SMILES string of the molecule is Fc1cc(F)cc(-c2ccc(C3OCCO3)cc2)c1. The average molecular weight is 262 g/mol. The van der Waals surface area contributed by atoms with Gasteiger partial charge < -0.3 is 9.47 Å². The van der Waals surface area contributed by atoms with Gasteiger partial charge in [-0.15, -0.1) is 0 Å². The number of benzene rings is 2. The van der Waals surface area contributed by atoms with E-state index in [9.17, 15) is 8.78 Å². The topological polar surface area (TPSA) is 18.5 Å². The van der Waals surface area contributed by atoms with Gasteiger partial charge in [0.2, 0.25) is 0 Å². The summed E-state index contributed by atoms with van der Waals surface area (Å²) in [6.45, 7) is 1.17. The van der Waals surface area contributed by atoms with Crippen LogP contribution in [0.3, 0.4) is 0 Å². The Hall–Kier alpha value is -1.78. The second-order valence-electron chi connectivity index (χ2n) is 4.35. The molecular weight excluding hydrogens is 250 g/mol. The molecule has 0 bridgehead atoms. The van der Waals surface area contributed by atoms with Crippen LogP contribution in [0.5, 0.6) is 0 Å². The minimum atomic E-state index is -0.582. The van der Waals surface area contributed by atoms with Gasteiger partial charge in [0.15, 0.2) is 6.29 Å². The average Bonchev–Trinajstić information content (AvgIpc) is 2.91. The van der Waals surface area contributed by atoms with E-state index in [1.54, 1.807) is 12.1 Å². The van der Waals surface area contributed by atoms with Crippen LogP contribution in [0.15, 0.2) is 42.5 Å². The second kappa shape index (κ2) is 5.07. The van der Waals surface area contributed by atoms with E-state index in [0.29, 0.717) is 18.8 Å². The third-order valence-corrected chi connectivity index (χ3v) is 3.00. The molecule has 98 valence electrons. The van der Waals surface area contributed by atoms with Gasteiger partial charge in [-0.3, -0.25) is 0 Å². The number of rotatable bonds is 2. The summed E-state index contributed by atoms with van der Waals surface area (Å²) in [6, 6.07) is 10.8. The molecule has 1 aliphatic heterocycles. The van der Waals surface area contributed by atoms with Crippen molar-refractivity contribution in [2.45, 2.75) is 6.29 Å². The Morgan fingerprint density at radius 2 is 1.37 bits per heavy atom. The molecule has 1 aliphatic rings. The van der Waals surface area contributed by atoms with Gasteiger partial charge in [-0.25, -0.2) is 8.78 Å². The van der Waals surface area contributed by atoms with Crippen molar-refractivity contribution in [3.8, 4) is 11.1 Å². The van der Waals surface area contributed by atoms with Crippen molar-refractivity contribution in [2.75, 3.05) is 13.2 Å². The summed E-state index contributed by atoms with van der Waals surface area (Å²) in [7, 11) is 0. The lowest BCUT2D eigenvalue weighted by Crippen LogP contribution is -1.97. The van der Waals surface area contributed by atoms with Crippen molar-refractivity contribution >= 4 is 0 Å². The Morgan fingerprint density at radius 3 is 1.95 bits per heavy atom. The van der Waals surface area contributed by atoms with Crippen molar-refractivity contribution in [3.05, 3.63) is 59.7 Å². The Morgan fingerprint density at radius 1 is 0.789 bits per heavy atom. The van der Waals surface area contributed by atoms with Crippen LogP contribution in [0.2, 0.25) is 0 Å². The van der Waals surface area contributed by atoms with Crippen LogP contribution in [0.1, 0.15) is 11.9 Å². The Labute approximate surface area is 109 Å². The van der Waals surface area contributed by atoms with Crippen LogP contribution >= 0.6 is 0 Å². The molecule has 0 spiro atoms. The standard InChI is InChI=1S/C15H12F2O2/c16-13-7-12(8-14(17)9-13)10-1-3-11(4-2-10)15-18-5-6-19-15/h1-4,7-9,15H,5-6H2. The molecule has 0 N–H and O–H groups in total. The summed E-state index contributed by atoms with van der Waals surface area (Å²) < 4.78 is 37.1. The Kier molecular flexibility index (Phi) is 3.27. The highest BCUT2D eigenvalue weighted by Crippen LogP contribution is 2.27. The number of hydrogen-bond acceptors (Lipinski definition) is 2. The van der Waals surface area contributed by atoms with Crippen molar-refractivity contribution in [1.29, 1.82) is 0 Å². The molecule has 0 amide bonds. The lowest BCUT2D eigenvalue weighted by Gasteiger charge is -2.10. The first-order valence-electron chi connectivity index (χ1n) is 6.02. The molecule has 1 heterocycles. The molecule has 0 unspecified atom stereocenters. The lowest BCUT2D eigenvalue weighted by atomic mass is 10.0. The molecule has 0 atom stereocenters. The van der Waals surface area contributed by atoms with E-state index in [0.717, 1.165) is 17.2 Å². The number of hydrogen-bond donors (Lipinski definition) is 0. The third-order valence-electron chi connectivity index (χ3n) is 3.00. The van der Waals surface area contributed by atoms with E-state index in [-0.39, 0.29) is 6.29 Å². The monoisotopic (exact) mass is 262 g/mol. The first-order valence-corrected chi connectivity index (χ1v) is 6.02. The fraction of sp³-hybridized carbons (Fsp3) is 0.200. The van der Waals surface area contributed by atoms with Crippen LogP contribution in [-0.4, -0.2) is 13.2 Å². The van der Waals surface area contributed by atoms with E-state index in [2.05, 4.69) is 0 Å². The molecule has 0 radical (unpaired) electrons. The summed E-state index contributed by atoms with van der Waals surface area (Å²) in [6.07, 6.45) is -0.335. The molecule has 1 saturated heterocycles. The molecule has 3 rings (SSSR count). The minimum Gasteiger partial charge on any atom is -0.346 e. The van der Waals surface area contributed by atoms with E-state index in [1.165, 1.54) is 12.1 Å². The minimum absolute atomic E-state index is 0.335. The fourth-order valence-electron chi connectivity index (χ4n) is 2.10. The zero-order valence-corrected chi connectivity index (χ0v) is 10.1. The van der Waals surface area contributed by atoms with Crippen LogP contribution < -0.4 is 0 Å². The fourth-order valence-corrected chi connectivity index (χ4v) is 2.10. The Balaban J connectivity index is 1.89. The van der Waals surface area contributed by atoms with E-state index < -0.39 is 11.6 Å². The highest BCUT2D eigenvalue weighted by atomic mass is 19.1. The quantitative estimate of drug-likeness (QED) is 0.822. The lowest BCUT2D eigenvalue weighted by molar-refractivity contribution is -0.0441. The maximum Gasteiger partial charge on any atom is 0.184 e. The van der Waals surface area contributed by atoms with E-state index >= 15 is 0 Å². The first kappa shape index (κ1) is 12.3. The van der Waals surface area contributed by atoms with E-state index in [4.69, 9.17) is 9.47 Å². The predicted molar refractivity (Wildman–Crippen MR) is 66.4 cm³/mol. The molecular formula is C15H12F2O2. The van der Waals surface area contributed by atoms with Gasteiger partial charge in [0, 0.05) is 11.6 Å². The highest BCUT2D eigenvalue weighted by Gasteiger charge is 2.17. The summed E-state index contributed by atoms with van der Waals surface area (Å²) >= 11 is 0. The molecule has 2 aromatic carbocycles. The van der Waals surface area contributed by atoms with Crippen LogP contribution in [-0.2, 0) is 9.47 Å². The van der Waals surface area contributed by atoms with Gasteiger partial charge in [-0.1, -0.05) is 24.3 Å². The normalized spacial score (nSPS) is 15.9. The molecule has 4 heteroatoms. The largest absolute Gasteiger partial charge is 0.346 e. The maximum atomic E-state index is 13.2. The van der Waals surface area contributed by atoms with Crippen LogP contribution in [0.25, 0.3) is 11.1 Å². The molecule has 0 aromatic heterocycles. The number of halogens is 2. The molecule has 19 heavy (non-hydrogen) atoms. The van der Waals surface area contributed by atoms with Crippen molar-refractivity contribution in [3.63, 3.8) is 0 Å². The zero-order valence-electron chi connectivity index (χ0n) is 10.1. The van der Waals surface area contributed by atoms with Gasteiger partial charge in [-0.2, -0.15) is 0 Å². The van der Waals surface area contributed by atoms with Crippen molar-refractivity contribution in [1.82, 2.24) is 0 Å². The van der Waals surface area contributed by atoms with Gasteiger partial charge in [0.25, 0.3) is 0 Å². The molecule has 1 fully saturated rings. The van der Waals surface area contributed by atoms with Gasteiger partial charge in [0.05, 0.1) is 13.2 Å². The van der Waals surface area contributed by atoms with Gasteiger partial charge >= 0.3 is 0 Å². The summed E-state index contributed by atoms with van der Waals surface area (Å²) in [5.74, 6) is -1.16. The highest BCUT2D eigenvalue weighted by molar-refractivity contribution is 5.63. The zero-order chi connectivity index (χ0) is 13.2. The maximum absolute atomic E-state index is 13.2. The summed E-state index contributed by atoms with van der Waals surface area (Å²) in [5, 5.41) is 0. The second-order valence-corrected chi connectivity index (χ2v) is 4.35. The molecule has 2 nitrogen and oxygen atoms in total. The van der Waals surface area contributed by atoms with Crippen molar-refractivity contribution < 1.29 is 18.3 Å². The molecule has 0 saturated carbocycles. The van der Waals surface area contributed by atoms with E-state index in [1.807, 2.05) is 12.1 Å². The third kappa shape index (κ3) is 2.64. The molecule has 0 aliphatic carbocycles. The van der Waals surface area contributed by atoms with Gasteiger partial charge in [-0.05, 0) is 23.3 Å². The summed E-state index contributed by atoms with van der Waals surface area (Å²) in [5.41, 5.74) is 2.16. The van der Waals surface area contributed by atoms with Crippen LogP contribution in [0.4, 0.5) is 8.78 Å². The number of ether oxygens (including phenoxy) is 2. The van der Waals surface area contributed by atoms with Gasteiger partial charge in [0.1, 0.15) is 11.6 Å². The summed E-state index contributed by atoms with van der Waals surface area (Å²) in [4.78, 5) is 0. The van der Waals surface area contributed by atoms with Crippen molar-refractivity contribution in [2.24, 2.45) is 0 Å². The molecule has 2 aromatic rings. The smallest absolute Gasteiger partial charge is 0.184 e. The predicted octanol–water partition coefficient (Wildman–Crippen LogP) is 3.68. The Bertz CT molecular complexity index is 555. The van der Waals surface area contributed by atoms with Crippen LogP contribution in [0, 0.1) is 11.6 Å².